The lowest BCUT2D eigenvalue weighted by Crippen LogP contribution is -2.42. The predicted molar refractivity (Wildman–Crippen MR) is 72.4 cm³/mol. The third kappa shape index (κ3) is 3.95. The minimum absolute atomic E-state index is 0.0103. The van der Waals surface area contributed by atoms with Crippen molar-refractivity contribution < 1.29 is 23.1 Å². The molecular weight excluding hydrogens is 299 g/mol. The number of carbonyl (C=O) groups is 1. The molecule has 2 heterocycles. The van der Waals surface area contributed by atoms with Crippen molar-refractivity contribution in [2.24, 2.45) is 11.7 Å². The molecule has 1 saturated heterocycles. The van der Waals surface area contributed by atoms with Crippen molar-refractivity contribution in [1.82, 2.24) is 9.88 Å². The van der Waals surface area contributed by atoms with Crippen LogP contribution in [0.3, 0.4) is 0 Å². The maximum Gasteiger partial charge on any atom is 0.418 e. The summed E-state index contributed by atoms with van der Waals surface area (Å²) in [6.07, 6.45) is -3.25. The van der Waals surface area contributed by atoms with Gasteiger partial charge in [-0.15, -0.1) is 0 Å². The van der Waals surface area contributed by atoms with Gasteiger partial charge in [0.2, 0.25) is 5.91 Å². The van der Waals surface area contributed by atoms with Crippen LogP contribution < -0.4 is 5.73 Å². The summed E-state index contributed by atoms with van der Waals surface area (Å²) >= 11 is 0. The number of hydrogen-bond acceptors (Lipinski definition) is 4. The molecule has 0 spiro atoms. The zero-order chi connectivity index (χ0) is 16.3. The molecule has 3 N–H and O–H groups in total. The Morgan fingerprint density at radius 3 is 2.64 bits per heavy atom. The van der Waals surface area contributed by atoms with E-state index in [1.807, 2.05) is 4.90 Å². The highest BCUT2D eigenvalue weighted by atomic mass is 19.4. The van der Waals surface area contributed by atoms with Gasteiger partial charge in [-0.3, -0.25) is 14.7 Å². The Morgan fingerprint density at radius 1 is 1.45 bits per heavy atom. The number of primary amides is 1. The smallest absolute Gasteiger partial charge is 0.383 e. The normalized spacial score (nSPS) is 19.1. The largest absolute Gasteiger partial charge is 0.418 e. The summed E-state index contributed by atoms with van der Waals surface area (Å²) < 4.78 is 38.7. The first-order chi connectivity index (χ1) is 10.3. The van der Waals surface area contributed by atoms with Crippen molar-refractivity contribution in [3.63, 3.8) is 0 Å². The number of aliphatic hydroxyl groups excluding tert-OH is 1. The van der Waals surface area contributed by atoms with Crippen molar-refractivity contribution in [2.45, 2.75) is 31.7 Å². The summed E-state index contributed by atoms with van der Waals surface area (Å²) in [5, 5.41) is 9.62. The average molecular weight is 317 g/mol. The molecule has 122 valence electrons. The van der Waals surface area contributed by atoms with Gasteiger partial charge in [-0.2, -0.15) is 13.2 Å². The third-order valence-electron chi connectivity index (χ3n) is 3.94. The zero-order valence-electron chi connectivity index (χ0n) is 11.9. The van der Waals surface area contributed by atoms with Gasteiger partial charge >= 0.3 is 6.18 Å². The number of nitrogens with two attached hydrogens (primary N) is 1. The van der Waals surface area contributed by atoms with Gasteiger partial charge in [-0.1, -0.05) is 0 Å². The molecular formula is C14H18F3N3O2. The summed E-state index contributed by atoms with van der Waals surface area (Å²) in [4.78, 5) is 16.6. The van der Waals surface area contributed by atoms with Crippen molar-refractivity contribution in [3.8, 4) is 0 Å². The summed E-state index contributed by atoms with van der Waals surface area (Å²) in [6.45, 7) is 1.07. The number of halogens is 3. The molecule has 22 heavy (non-hydrogen) atoms. The number of piperidine rings is 1. The molecule has 0 bridgehead atoms. The zero-order valence-corrected chi connectivity index (χ0v) is 11.9. The quantitative estimate of drug-likeness (QED) is 0.873. The first-order valence-electron chi connectivity index (χ1n) is 7.00. The number of carbonyl (C=O) groups excluding carboxylic acids is 1. The highest BCUT2D eigenvalue weighted by Crippen LogP contribution is 2.32. The van der Waals surface area contributed by atoms with Gasteiger partial charge in [0, 0.05) is 12.7 Å². The highest BCUT2D eigenvalue weighted by Gasteiger charge is 2.35. The molecule has 8 heteroatoms. The molecule has 1 atom stereocenters. The number of amides is 1. The maximum absolute atomic E-state index is 12.9. The van der Waals surface area contributed by atoms with E-state index in [-0.39, 0.29) is 18.2 Å². The van der Waals surface area contributed by atoms with Crippen LogP contribution in [-0.4, -0.2) is 40.1 Å². The van der Waals surface area contributed by atoms with E-state index in [4.69, 9.17) is 5.73 Å². The number of aromatic nitrogens is 1. The van der Waals surface area contributed by atoms with Crippen molar-refractivity contribution in [1.29, 1.82) is 0 Å². The summed E-state index contributed by atoms with van der Waals surface area (Å²) in [7, 11) is 0. The van der Waals surface area contributed by atoms with Gasteiger partial charge in [-0.25, -0.2) is 0 Å². The second-order valence-electron chi connectivity index (χ2n) is 5.46. The Bertz CT molecular complexity index is 528. The fourth-order valence-electron chi connectivity index (χ4n) is 2.69. The van der Waals surface area contributed by atoms with E-state index >= 15 is 0 Å². The molecule has 1 aliphatic heterocycles. The van der Waals surface area contributed by atoms with E-state index in [1.54, 1.807) is 0 Å². The number of rotatable bonds is 4. The lowest BCUT2D eigenvalue weighted by Gasteiger charge is -2.33. The number of hydrogen-bond donors (Lipinski definition) is 2. The summed E-state index contributed by atoms with van der Waals surface area (Å²) in [5.74, 6) is -0.998. The first-order valence-corrected chi connectivity index (χ1v) is 7.00. The van der Waals surface area contributed by atoms with Crippen LogP contribution in [0.25, 0.3) is 0 Å². The van der Waals surface area contributed by atoms with E-state index in [0.29, 0.717) is 25.9 Å². The molecule has 1 fully saturated rings. The van der Waals surface area contributed by atoms with Crippen LogP contribution >= 0.6 is 0 Å². The standard InChI is InChI=1S/C14H18F3N3O2/c15-14(16,17)10-2-1-5-19-11(10)8-20-6-3-9(4-7-20)12(21)13(18)22/h1-2,5,9,12,21H,3-4,6-8H2,(H2,18,22)/t12-/m1/s1. The van der Waals surface area contributed by atoms with Crippen molar-refractivity contribution in [2.75, 3.05) is 13.1 Å². The van der Waals surface area contributed by atoms with Gasteiger partial charge in [0.25, 0.3) is 0 Å². The minimum atomic E-state index is -4.43. The molecule has 0 aromatic carbocycles. The van der Waals surface area contributed by atoms with Gasteiger partial charge < -0.3 is 10.8 Å². The monoisotopic (exact) mass is 317 g/mol. The number of likely N-dealkylation sites (tertiary alicyclic amines) is 1. The summed E-state index contributed by atoms with van der Waals surface area (Å²) in [5.41, 5.74) is 4.32. The van der Waals surface area contributed by atoms with Gasteiger partial charge in [0.05, 0.1) is 11.3 Å². The topological polar surface area (TPSA) is 79.5 Å². The molecule has 1 amide bonds. The SMILES string of the molecule is NC(=O)[C@H](O)C1CCN(Cc2ncccc2C(F)(F)F)CC1. The van der Waals surface area contributed by atoms with E-state index in [2.05, 4.69) is 4.98 Å². The molecule has 2 rings (SSSR count). The van der Waals surface area contributed by atoms with E-state index in [9.17, 15) is 23.1 Å². The van der Waals surface area contributed by atoms with Crippen LogP contribution in [0.2, 0.25) is 0 Å². The predicted octanol–water partition coefficient (Wildman–Crippen LogP) is 1.16. The molecule has 0 radical (unpaired) electrons. The Balaban J connectivity index is 1.99. The number of pyridine rings is 1. The van der Waals surface area contributed by atoms with Crippen molar-refractivity contribution in [3.05, 3.63) is 29.6 Å². The van der Waals surface area contributed by atoms with E-state index in [0.717, 1.165) is 6.07 Å². The average Bonchev–Trinajstić information content (AvgIpc) is 2.46. The van der Waals surface area contributed by atoms with Crippen molar-refractivity contribution >= 4 is 5.91 Å². The Kier molecular flexibility index (Phi) is 5.02. The molecule has 1 aromatic heterocycles. The third-order valence-corrected chi connectivity index (χ3v) is 3.94. The number of nitrogens with zero attached hydrogens (tertiary/aromatic N) is 2. The summed E-state index contributed by atoms with van der Waals surface area (Å²) in [6, 6.07) is 2.29. The molecule has 0 aliphatic carbocycles. The Labute approximate surface area is 125 Å². The van der Waals surface area contributed by atoms with Gasteiger partial charge in [-0.05, 0) is 44.0 Å². The van der Waals surface area contributed by atoms with E-state index < -0.39 is 23.8 Å². The molecule has 0 saturated carbocycles. The fourth-order valence-corrected chi connectivity index (χ4v) is 2.69. The molecule has 5 nitrogen and oxygen atoms in total. The molecule has 1 aromatic rings. The lowest BCUT2D eigenvalue weighted by molar-refractivity contribution is -0.139. The first kappa shape index (κ1) is 16.7. The second kappa shape index (κ2) is 6.62. The lowest BCUT2D eigenvalue weighted by atomic mass is 9.91. The maximum atomic E-state index is 12.9. The van der Waals surface area contributed by atoms with Crippen LogP contribution in [0.1, 0.15) is 24.1 Å². The molecule has 1 aliphatic rings. The van der Waals surface area contributed by atoms with Crippen LogP contribution in [0.4, 0.5) is 13.2 Å². The highest BCUT2D eigenvalue weighted by molar-refractivity contribution is 5.78. The van der Waals surface area contributed by atoms with Crippen LogP contribution in [-0.2, 0) is 17.5 Å². The van der Waals surface area contributed by atoms with Crippen LogP contribution in [0, 0.1) is 5.92 Å². The van der Waals surface area contributed by atoms with Crippen LogP contribution in [0.5, 0.6) is 0 Å². The van der Waals surface area contributed by atoms with E-state index in [1.165, 1.54) is 12.3 Å². The van der Waals surface area contributed by atoms with Gasteiger partial charge in [0.15, 0.2) is 0 Å². The fraction of sp³-hybridized carbons (Fsp3) is 0.571. The Morgan fingerprint density at radius 2 is 2.09 bits per heavy atom. The van der Waals surface area contributed by atoms with Gasteiger partial charge in [0.1, 0.15) is 6.10 Å². The number of aliphatic hydroxyl groups is 1. The second-order valence-corrected chi connectivity index (χ2v) is 5.46. The van der Waals surface area contributed by atoms with Crippen LogP contribution in [0.15, 0.2) is 18.3 Å². The minimum Gasteiger partial charge on any atom is -0.383 e. The molecule has 0 unspecified atom stereocenters. The Hall–Kier alpha value is -1.67. The number of alkyl halides is 3.